The topological polar surface area (TPSA) is 88.1 Å². The van der Waals surface area contributed by atoms with E-state index in [1.165, 1.54) is 45.3 Å². The highest BCUT2D eigenvalue weighted by molar-refractivity contribution is 5.79. The number of aromatic nitrogens is 2. The lowest BCUT2D eigenvalue weighted by Crippen LogP contribution is -2.20. The Labute approximate surface area is 162 Å². The lowest BCUT2D eigenvalue weighted by molar-refractivity contribution is 0.285. The molecule has 2 N–H and O–H groups in total. The quantitative estimate of drug-likeness (QED) is 0.632. The van der Waals surface area contributed by atoms with Crippen molar-refractivity contribution in [3.05, 3.63) is 16.8 Å². The van der Waals surface area contributed by atoms with Gasteiger partial charge in [-0.2, -0.15) is 15.2 Å². The Bertz CT molecular complexity index is 716. The van der Waals surface area contributed by atoms with Gasteiger partial charge in [-0.05, 0) is 63.7 Å². The highest BCUT2D eigenvalue weighted by Crippen LogP contribution is 2.37. The lowest BCUT2D eigenvalue weighted by Gasteiger charge is -2.14. The maximum atomic E-state index is 9.55. The smallest absolute Gasteiger partial charge is 0.318 e. The number of anilines is 1. The second kappa shape index (κ2) is 9.70. The fraction of sp³-hybridized carbons (Fsp3) is 0.667. The number of hydrogen-bond donors (Lipinski definition) is 1. The molecule has 0 spiro atoms. The molecule has 0 atom stereocenters. The zero-order valence-corrected chi connectivity index (χ0v) is 16.5. The molecular weight excluding hydrogens is 338 g/mol. The van der Waals surface area contributed by atoms with Crippen molar-refractivity contribution < 1.29 is 4.74 Å². The van der Waals surface area contributed by atoms with Crippen LogP contribution in [-0.2, 0) is 6.42 Å². The van der Waals surface area contributed by atoms with Gasteiger partial charge in [0.1, 0.15) is 5.82 Å². The molecule has 0 amide bonds. The van der Waals surface area contributed by atoms with E-state index < -0.39 is 0 Å². The van der Waals surface area contributed by atoms with Crippen LogP contribution >= 0.6 is 0 Å². The largest absolute Gasteiger partial charge is 0.463 e. The molecule has 2 heterocycles. The number of nitrogens with two attached hydrogens (primary N) is 1. The molecule has 27 heavy (non-hydrogen) atoms. The van der Waals surface area contributed by atoms with Crippen LogP contribution in [0.4, 0.5) is 5.82 Å². The van der Waals surface area contributed by atoms with Crippen LogP contribution in [0.25, 0.3) is 5.57 Å². The van der Waals surface area contributed by atoms with Gasteiger partial charge in [-0.15, -0.1) is 0 Å². The Morgan fingerprint density at radius 3 is 2.70 bits per heavy atom. The van der Waals surface area contributed by atoms with Crippen LogP contribution in [0.15, 0.2) is 5.57 Å². The lowest BCUT2D eigenvalue weighted by atomic mass is 10.0. The first-order chi connectivity index (χ1) is 13.2. The highest BCUT2D eigenvalue weighted by Gasteiger charge is 2.26. The third-order valence-corrected chi connectivity index (χ3v) is 5.49. The molecule has 1 aliphatic heterocycles. The summed E-state index contributed by atoms with van der Waals surface area (Å²) in [6, 6.07) is 2.69. The SMILES string of the molecule is CCCCOc1nc(N)c2c(n1)C(CCCCCN1CCCC1)=C(C#N)C2. The molecule has 0 saturated carbocycles. The number of ether oxygens (including phenoxy) is 1. The van der Waals surface area contributed by atoms with Gasteiger partial charge in [0.25, 0.3) is 0 Å². The molecule has 1 saturated heterocycles. The summed E-state index contributed by atoms with van der Waals surface area (Å²) in [5.41, 5.74) is 9.69. The van der Waals surface area contributed by atoms with E-state index in [1.54, 1.807) is 0 Å². The van der Waals surface area contributed by atoms with Gasteiger partial charge >= 0.3 is 6.01 Å². The molecule has 1 aromatic heterocycles. The Kier molecular flexibility index (Phi) is 7.05. The Balaban J connectivity index is 1.60. The van der Waals surface area contributed by atoms with E-state index in [2.05, 4.69) is 27.9 Å². The first-order valence-corrected chi connectivity index (χ1v) is 10.4. The molecule has 0 unspecified atom stereocenters. The summed E-state index contributed by atoms with van der Waals surface area (Å²) in [5, 5.41) is 9.55. The Morgan fingerprint density at radius 2 is 1.96 bits per heavy atom. The molecule has 0 radical (unpaired) electrons. The number of rotatable bonds is 10. The molecule has 3 rings (SSSR count). The number of hydrogen-bond acceptors (Lipinski definition) is 6. The summed E-state index contributed by atoms with van der Waals surface area (Å²) in [6.45, 7) is 6.42. The molecule has 0 bridgehead atoms. The number of unbranched alkanes of at least 4 members (excludes halogenated alkanes) is 3. The van der Waals surface area contributed by atoms with Crippen molar-refractivity contribution in [2.24, 2.45) is 0 Å². The van der Waals surface area contributed by atoms with Crippen LogP contribution in [0, 0.1) is 11.3 Å². The maximum absolute atomic E-state index is 9.55. The molecule has 1 aliphatic carbocycles. The predicted octanol–water partition coefficient (Wildman–Crippen LogP) is 3.73. The Morgan fingerprint density at radius 1 is 1.15 bits per heavy atom. The van der Waals surface area contributed by atoms with Crippen molar-refractivity contribution in [3.63, 3.8) is 0 Å². The predicted molar refractivity (Wildman–Crippen MR) is 107 cm³/mol. The molecule has 1 fully saturated rings. The minimum Gasteiger partial charge on any atom is -0.463 e. The van der Waals surface area contributed by atoms with Crippen molar-refractivity contribution in [2.75, 3.05) is 32.0 Å². The van der Waals surface area contributed by atoms with Crippen LogP contribution in [-0.4, -0.2) is 41.1 Å². The molecule has 6 nitrogen and oxygen atoms in total. The van der Waals surface area contributed by atoms with Gasteiger partial charge in [-0.25, -0.2) is 0 Å². The third kappa shape index (κ3) is 4.98. The van der Waals surface area contributed by atoms with E-state index in [9.17, 15) is 5.26 Å². The average molecular weight is 370 g/mol. The van der Waals surface area contributed by atoms with Crippen LogP contribution in [0.5, 0.6) is 6.01 Å². The summed E-state index contributed by atoms with van der Waals surface area (Å²) in [5.74, 6) is 0.447. The highest BCUT2D eigenvalue weighted by atomic mass is 16.5. The van der Waals surface area contributed by atoms with Gasteiger partial charge < -0.3 is 15.4 Å². The van der Waals surface area contributed by atoms with E-state index >= 15 is 0 Å². The Hall–Kier alpha value is -2.13. The summed E-state index contributed by atoms with van der Waals surface area (Å²) in [6.07, 6.45) is 9.61. The number of likely N-dealkylation sites (tertiary alicyclic amines) is 1. The molecule has 2 aliphatic rings. The van der Waals surface area contributed by atoms with Crippen molar-refractivity contribution in [2.45, 2.75) is 64.7 Å². The maximum Gasteiger partial charge on any atom is 0.318 e. The van der Waals surface area contributed by atoms with Crippen LogP contribution in [0.1, 0.15) is 69.5 Å². The van der Waals surface area contributed by atoms with Gasteiger partial charge in [0.15, 0.2) is 0 Å². The molecular formula is C21H31N5O. The fourth-order valence-corrected chi connectivity index (χ4v) is 3.90. The average Bonchev–Trinajstić information content (AvgIpc) is 3.30. The number of fused-ring (bicyclic) bond motifs is 1. The first kappa shape index (κ1) is 19.6. The van der Waals surface area contributed by atoms with Crippen molar-refractivity contribution in [3.8, 4) is 12.1 Å². The molecule has 1 aromatic rings. The van der Waals surface area contributed by atoms with E-state index in [0.717, 1.165) is 48.1 Å². The minimum absolute atomic E-state index is 0.338. The van der Waals surface area contributed by atoms with Crippen molar-refractivity contribution in [1.82, 2.24) is 14.9 Å². The standard InChI is InChI=1S/C21H31N5O/c1-2-3-13-27-21-24-19-17(16(15-22)14-18(19)20(23)25-21)9-5-4-6-10-26-11-7-8-12-26/h2-14H2,1H3,(H2,23,24,25). The molecule has 6 heteroatoms. The monoisotopic (exact) mass is 369 g/mol. The van der Waals surface area contributed by atoms with Crippen molar-refractivity contribution >= 4 is 11.4 Å². The number of nitrogens with zero attached hydrogens (tertiary/aromatic N) is 4. The molecule has 146 valence electrons. The van der Waals surface area contributed by atoms with E-state index in [1.807, 2.05) is 0 Å². The molecule has 0 aromatic carbocycles. The summed E-state index contributed by atoms with van der Waals surface area (Å²) in [7, 11) is 0. The third-order valence-electron chi connectivity index (χ3n) is 5.49. The van der Waals surface area contributed by atoms with Gasteiger partial charge in [0.2, 0.25) is 0 Å². The number of nitriles is 1. The van der Waals surface area contributed by atoms with Gasteiger partial charge in [0, 0.05) is 17.6 Å². The van der Waals surface area contributed by atoms with Gasteiger partial charge in [-0.3, -0.25) is 0 Å². The van der Waals surface area contributed by atoms with Crippen molar-refractivity contribution in [1.29, 1.82) is 5.26 Å². The zero-order valence-electron chi connectivity index (χ0n) is 16.5. The van der Waals surface area contributed by atoms with Gasteiger partial charge in [0.05, 0.1) is 18.4 Å². The normalized spacial score (nSPS) is 16.6. The summed E-state index contributed by atoms with van der Waals surface area (Å²) in [4.78, 5) is 11.4. The van der Waals surface area contributed by atoms with Crippen LogP contribution in [0.3, 0.4) is 0 Å². The summed E-state index contributed by atoms with van der Waals surface area (Å²) >= 11 is 0. The van der Waals surface area contributed by atoms with Crippen LogP contribution in [0.2, 0.25) is 0 Å². The van der Waals surface area contributed by atoms with E-state index in [4.69, 9.17) is 10.5 Å². The fourth-order valence-electron chi connectivity index (χ4n) is 3.90. The second-order valence-corrected chi connectivity index (χ2v) is 7.53. The van der Waals surface area contributed by atoms with E-state index in [0.29, 0.717) is 24.9 Å². The zero-order chi connectivity index (χ0) is 19.1. The second-order valence-electron chi connectivity index (χ2n) is 7.53. The van der Waals surface area contributed by atoms with Crippen LogP contribution < -0.4 is 10.5 Å². The number of allylic oxidation sites excluding steroid dienone is 2. The summed E-state index contributed by atoms with van der Waals surface area (Å²) < 4.78 is 5.66. The minimum atomic E-state index is 0.338. The first-order valence-electron chi connectivity index (χ1n) is 10.4. The number of nitrogen functional groups attached to an aromatic ring is 1. The van der Waals surface area contributed by atoms with Gasteiger partial charge in [-0.1, -0.05) is 19.8 Å². The van der Waals surface area contributed by atoms with E-state index in [-0.39, 0.29) is 0 Å².